The maximum atomic E-state index is 12.9. The highest BCUT2D eigenvalue weighted by atomic mass is 32.2. The molecule has 0 atom stereocenters. The predicted molar refractivity (Wildman–Crippen MR) is 96.1 cm³/mol. The van der Waals surface area contributed by atoms with Gasteiger partial charge < -0.3 is 19.1 Å². The van der Waals surface area contributed by atoms with Crippen LogP contribution in [0.5, 0.6) is 5.75 Å². The summed E-state index contributed by atoms with van der Waals surface area (Å²) in [6.45, 7) is 2.18. The average molecular weight is 396 g/mol. The van der Waals surface area contributed by atoms with E-state index < -0.39 is 15.8 Å². The van der Waals surface area contributed by atoms with Gasteiger partial charge in [0.15, 0.2) is 5.79 Å². The highest BCUT2D eigenvalue weighted by Gasteiger charge is 2.41. The Morgan fingerprint density at radius 2 is 1.89 bits per heavy atom. The molecule has 2 saturated heterocycles. The number of carbonyl (C=O) groups excluding carboxylic acids is 1. The first-order chi connectivity index (χ1) is 12.9. The van der Waals surface area contributed by atoms with Crippen molar-refractivity contribution in [3.63, 3.8) is 0 Å². The Hall–Kier alpha value is -1.68. The standard InChI is InChI=1S/C18H24N2O6S/c1-24-15-5-2-13(12-16(15)27(22,23)19-14-3-4-14)17(21)20-8-6-18(7-9-20)25-10-11-26-18/h2,5,12,14,19H,3-4,6-11H2,1H3. The Bertz CT molecular complexity index is 820. The van der Waals surface area contributed by atoms with Crippen LogP contribution in [0.1, 0.15) is 36.0 Å². The summed E-state index contributed by atoms with van der Waals surface area (Å²) < 4.78 is 44.5. The molecule has 8 nitrogen and oxygen atoms in total. The number of piperidine rings is 1. The van der Waals surface area contributed by atoms with Crippen molar-refractivity contribution < 1.29 is 27.4 Å². The largest absolute Gasteiger partial charge is 0.495 e. The van der Waals surface area contributed by atoms with E-state index in [0.717, 1.165) is 12.8 Å². The fourth-order valence-electron chi connectivity index (χ4n) is 3.52. The first-order valence-corrected chi connectivity index (χ1v) is 10.7. The first-order valence-electron chi connectivity index (χ1n) is 9.20. The Kier molecular flexibility index (Phi) is 4.87. The molecule has 1 N–H and O–H groups in total. The molecule has 1 aromatic carbocycles. The topological polar surface area (TPSA) is 94.2 Å². The number of likely N-dealkylation sites (tertiary alicyclic amines) is 1. The molecule has 9 heteroatoms. The molecule has 1 amide bonds. The lowest BCUT2D eigenvalue weighted by Crippen LogP contribution is -2.47. The second-order valence-electron chi connectivity index (χ2n) is 7.16. The van der Waals surface area contributed by atoms with Gasteiger partial charge in [-0.25, -0.2) is 13.1 Å². The van der Waals surface area contributed by atoms with E-state index in [1.165, 1.54) is 19.2 Å². The van der Waals surface area contributed by atoms with E-state index in [1.54, 1.807) is 11.0 Å². The maximum absolute atomic E-state index is 12.9. The van der Waals surface area contributed by atoms with Crippen molar-refractivity contribution in [2.24, 2.45) is 0 Å². The van der Waals surface area contributed by atoms with Crippen LogP contribution in [0.15, 0.2) is 23.1 Å². The van der Waals surface area contributed by atoms with Crippen LogP contribution < -0.4 is 9.46 Å². The minimum absolute atomic E-state index is 0.00121. The lowest BCUT2D eigenvalue weighted by atomic mass is 10.0. The third-order valence-corrected chi connectivity index (χ3v) is 6.77. The van der Waals surface area contributed by atoms with E-state index in [2.05, 4.69) is 4.72 Å². The van der Waals surface area contributed by atoms with Gasteiger partial charge in [0, 0.05) is 37.5 Å². The van der Waals surface area contributed by atoms with Gasteiger partial charge in [0.05, 0.1) is 20.3 Å². The number of benzene rings is 1. The highest BCUT2D eigenvalue weighted by molar-refractivity contribution is 7.89. The van der Waals surface area contributed by atoms with Crippen LogP contribution in [-0.2, 0) is 19.5 Å². The first kappa shape index (κ1) is 18.7. The number of hydrogen-bond acceptors (Lipinski definition) is 6. The minimum Gasteiger partial charge on any atom is -0.495 e. The van der Waals surface area contributed by atoms with Crippen LogP contribution in [-0.4, -0.2) is 64.5 Å². The third kappa shape index (κ3) is 3.82. The lowest BCUT2D eigenvalue weighted by molar-refractivity contribution is -0.181. The summed E-state index contributed by atoms with van der Waals surface area (Å²) >= 11 is 0. The lowest BCUT2D eigenvalue weighted by Gasteiger charge is -2.37. The van der Waals surface area contributed by atoms with Gasteiger partial charge in [-0.3, -0.25) is 4.79 Å². The van der Waals surface area contributed by atoms with Gasteiger partial charge in [-0.05, 0) is 31.0 Å². The number of nitrogens with zero attached hydrogens (tertiary/aromatic N) is 1. The zero-order chi connectivity index (χ0) is 19.1. The van der Waals surface area contributed by atoms with Crippen molar-refractivity contribution in [1.29, 1.82) is 0 Å². The molecule has 1 saturated carbocycles. The molecule has 1 spiro atoms. The molecular formula is C18H24N2O6S. The number of carbonyl (C=O) groups is 1. The van der Waals surface area contributed by atoms with E-state index in [0.29, 0.717) is 44.7 Å². The van der Waals surface area contributed by atoms with E-state index in [4.69, 9.17) is 14.2 Å². The van der Waals surface area contributed by atoms with Crippen molar-refractivity contribution in [2.75, 3.05) is 33.4 Å². The number of methoxy groups -OCH3 is 1. The normalized spacial score (nSPS) is 22.2. The van der Waals surface area contributed by atoms with Crippen molar-refractivity contribution in [3.8, 4) is 5.75 Å². The molecule has 27 heavy (non-hydrogen) atoms. The van der Waals surface area contributed by atoms with Crippen molar-refractivity contribution >= 4 is 15.9 Å². The summed E-state index contributed by atoms with van der Waals surface area (Å²) in [7, 11) is -2.32. The number of nitrogens with one attached hydrogen (secondary N) is 1. The summed E-state index contributed by atoms with van der Waals surface area (Å²) in [5.41, 5.74) is 0.330. The monoisotopic (exact) mass is 396 g/mol. The summed E-state index contributed by atoms with van der Waals surface area (Å²) in [6, 6.07) is 4.51. The van der Waals surface area contributed by atoms with Crippen LogP contribution in [0.4, 0.5) is 0 Å². The van der Waals surface area contributed by atoms with Gasteiger partial charge in [0.25, 0.3) is 5.91 Å². The molecule has 2 heterocycles. The van der Waals surface area contributed by atoms with E-state index in [-0.39, 0.29) is 22.6 Å². The summed E-state index contributed by atoms with van der Waals surface area (Å²) in [5.74, 6) is -0.530. The molecular weight excluding hydrogens is 372 g/mol. The minimum atomic E-state index is -3.73. The van der Waals surface area contributed by atoms with Crippen LogP contribution in [0.25, 0.3) is 0 Å². The molecule has 3 aliphatic rings. The molecule has 0 bridgehead atoms. The van der Waals surface area contributed by atoms with E-state index in [9.17, 15) is 13.2 Å². The zero-order valence-electron chi connectivity index (χ0n) is 15.3. The molecule has 1 aromatic rings. The number of rotatable bonds is 5. The van der Waals surface area contributed by atoms with E-state index in [1.807, 2.05) is 0 Å². The predicted octanol–water partition coefficient (Wildman–Crippen LogP) is 1.11. The highest BCUT2D eigenvalue weighted by Crippen LogP contribution is 2.33. The van der Waals surface area contributed by atoms with Crippen LogP contribution >= 0.6 is 0 Å². The number of sulfonamides is 1. The van der Waals surface area contributed by atoms with Gasteiger partial charge in [0.2, 0.25) is 10.0 Å². The maximum Gasteiger partial charge on any atom is 0.253 e. The Morgan fingerprint density at radius 3 is 2.48 bits per heavy atom. The van der Waals surface area contributed by atoms with Crippen LogP contribution in [0.2, 0.25) is 0 Å². The van der Waals surface area contributed by atoms with Crippen molar-refractivity contribution in [1.82, 2.24) is 9.62 Å². The fraction of sp³-hybridized carbons (Fsp3) is 0.611. The second-order valence-corrected chi connectivity index (χ2v) is 8.84. The quantitative estimate of drug-likeness (QED) is 0.801. The van der Waals surface area contributed by atoms with Crippen LogP contribution in [0.3, 0.4) is 0 Å². The summed E-state index contributed by atoms with van der Waals surface area (Å²) in [4.78, 5) is 14.6. The Labute approximate surface area is 158 Å². The molecule has 0 aromatic heterocycles. The fourth-order valence-corrected chi connectivity index (χ4v) is 5.02. The van der Waals surface area contributed by atoms with Gasteiger partial charge >= 0.3 is 0 Å². The molecule has 3 fully saturated rings. The number of ether oxygens (including phenoxy) is 3. The third-order valence-electron chi connectivity index (χ3n) is 5.23. The summed E-state index contributed by atoms with van der Waals surface area (Å²) in [5, 5.41) is 0. The smallest absolute Gasteiger partial charge is 0.253 e. The molecule has 1 aliphatic carbocycles. The summed E-state index contributed by atoms with van der Waals surface area (Å²) in [6.07, 6.45) is 2.90. The SMILES string of the molecule is COc1ccc(C(=O)N2CCC3(CC2)OCCO3)cc1S(=O)(=O)NC1CC1. The van der Waals surface area contributed by atoms with Gasteiger partial charge in [-0.1, -0.05) is 0 Å². The Morgan fingerprint density at radius 1 is 1.22 bits per heavy atom. The average Bonchev–Trinajstić information content (AvgIpc) is 3.37. The molecule has 4 rings (SSSR count). The van der Waals surface area contributed by atoms with Gasteiger partial charge in [-0.15, -0.1) is 0 Å². The molecule has 148 valence electrons. The van der Waals surface area contributed by atoms with Crippen molar-refractivity contribution in [2.45, 2.75) is 42.4 Å². The number of amides is 1. The zero-order valence-corrected chi connectivity index (χ0v) is 16.1. The van der Waals surface area contributed by atoms with Crippen LogP contribution in [0, 0.1) is 0 Å². The Balaban J connectivity index is 1.53. The molecule has 0 unspecified atom stereocenters. The van der Waals surface area contributed by atoms with Gasteiger partial charge in [-0.2, -0.15) is 0 Å². The molecule has 0 radical (unpaired) electrons. The second kappa shape index (κ2) is 7.05. The van der Waals surface area contributed by atoms with E-state index >= 15 is 0 Å². The van der Waals surface area contributed by atoms with Crippen molar-refractivity contribution in [3.05, 3.63) is 23.8 Å². The van der Waals surface area contributed by atoms with Gasteiger partial charge in [0.1, 0.15) is 10.6 Å². The number of hydrogen-bond donors (Lipinski definition) is 1. The molecule has 2 aliphatic heterocycles.